The van der Waals surface area contributed by atoms with E-state index in [4.69, 9.17) is 16.9 Å². The number of aromatic nitrogens is 4. The standard InChI is InChI=1S/C15H12ClN5/c16-5-3-15-20-13-2-1-11(8-17)7-14(13)21(15)9-12-4-6-18-10-19-12/h1-2,4,6-7,10H,3,5,9H2. The number of aryl methyl sites for hydroxylation is 1. The van der Waals surface area contributed by atoms with Crippen LogP contribution in [-0.4, -0.2) is 25.4 Å². The Morgan fingerprint density at radius 2 is 2.19 bits per heavy atom. The Morgan fingerprint density at radius 3 is 2.90 bits per heavy atom. The SMILES string of the molecule is N#Cc1ccc2nc(CCCl)n(Cc3ccncn3)c2c1. The lowest BCUT2D eigenvalue weighted by molar-refractivity contribution is 0.735. The van der Waals surface area contributed by atoms with Crippen molar-refractivity contribution in [3.05, 3.63) is 53.9 Å². The van der Waals surface area contributed by atoms with Gasteiger partial charge in [-0.3, -0.25) is 0 Å². The molecule has 0 fully saturated rings. The van der Waals surface area contributed by atoms with E-state index >= 15 is 0 Å². The van der Waals surface area contributed by atoms with Gasteiger partial charge in [-0.1, -0.05) is 0 Å². The fourth-order valence-corrected chi connectivity index (χ4v) is 2.44. The third kappa shape index (κ3) is 2.71. The predicted octanol–water partition coefficient (Wildman–Crippen LogP) is 2.53. The van der Waals surface area contributed by atoms with Crippen molar-refractivity contribution in [2.24, 2.45) is 0 Å². The third-order valence-electron chi connectivity index (χ3n) is 3.24. The van der Waals surface area contributed by atoms with Crippen LogP contribution in [0.3, 0.4) is 0 Å². The average Bonchev–Trinajstić information content (AvgIpc) is 2.86. The molecule has 0 saturated carbocycles. The van der Waals surface area contributed by atoms with Gasteiger partial charge in [-0.05, 0) is 24.3 Å². The van der Waals surface area contributed by atoms with Crippen LogP contribution in [0, 0.1) is 11.3 Å². The van der Waals surface area contributed by atoms with Gasteiger partial charge in [0.25, 0.3) is 0 Å². The second kappa shape index (κ2) is 5.90. The maximum absolute atomic E-state index is 9.07. The maximum atomic E-state index is 9.07. The van der Waals surface area contributed by atoms with Crippen LogP contribution in [0.25, 0.3) is 11.0 Å². The summed E-state index contributed by atoms with van der Waals surface area (Å²) in [7, 11) is 0. The van der Waals surface area contributed by atoms with Gasteiger partial charge in [-0.15, -0.1) is 11.6 Å². The largest absolute Gasteiger partial charge is 0.322 e. The van der Waals surface area contributed by atoms with Crippen LogP contribution < -0.4 is 0 Å². The molecular weight excluding hydrogens is 286 g/mol. The first-order chi connectivity index (χ1) is 10.3. The predicted molar refractivity (Wildman–Crippen MR) is 80.0 cm³/mol. The van der Waals surface area contributed by atoms with Crippen LogP contribution >= 0.6 is 11.6 Å². The first-order valence-corrected chi connectivity index (χ1v) is 7.05. The van der Waals surface area contributed by atoms with Crippen molar-refractivity contribution in [3.63, 3.8) is 0 Å². The maximum Gasteiger partial charge on any atom is 0.115 e. The molecule has 0 radical (unpaired) electrons. The Hall–Kier alpha value is -2.45. The highest BCUT2D eigenvalue weighted by molar-refractivity contribution is 6.17. The number of benzene rings is 1. The van der Waals surface area contributed by atoms with Crippen molar-refractivity contribution in [2.45, 2.75) is 13.0 Å². The lowest BCUT2D eigenvalue weighted by Gasteiger charge is -2.07. The summed E-state index contributed by atoms with van der Waals surface area (Å²) in [4.78, 5) is 12.8. The van der Waals surface area contributed by atoms with Gasteiger partial charge in [-0.25, -0.2) is 15.0 Å². The molecule has 0 unspecified atom stereocenters. The minimum atomic E-state index is 0.498. The molecule has 0 atom stereocenters. The molecule has 0 amide bonds. The first kappa shape index (κ1) is 13.5. The van der Waals surface area contributed by atoms with Gasteiger partial charge in [0.1, 0.15) is 12.2 Å². The number of alkyl halides is 1. The normalized spacial score (nSPS) is 10.7. The Bertz CT molecular complexity index is 804. The van der Waals surface area contributed by atoms with Crippen LogP contribution in [-0.2, 0) is 13.0 Å². The molecule has 0 spiro atoms. The van der Waals surface area contributed by atoms with Gasteiger partial charge >= 0.3 is 0 Å². The highest BCUT2D eigenvalue weighted by Gasteiger charge is 2.12. The first-order valence-electron chi connectivity index (χ1n) is 6.52. The van der Waals surface area contributed by atoms with Gasteiger partial charge in [0.05, 0.1) is 34.9 Å². The number of imidazole rings is 1. The van der Waals surface area contributed by atoms with Gasteiger partial charge in [0, 0.05) is 18.5 Å². The van der Waals surface area contributed by atoms with Crippen molar-refractivity contribution in [2.75, 3.05) is 5.88 Å². The van der Waals surface area contributed by atoms with E-state index in [1.54, 1.807) is 12.3 Å². The third-order valence-corrected chi connectivity index (χ3v) is 3.43. The molecule has 1 aromatic carbocycles. The van der Waals surface area contributed by atoms with Crippen LogP contribution in [0.1, 0.15) is 17.1 Å². The molecule has 0 aliphatic rings. The summed E-state index contributed by atoms with van der Waals surface area (Å²) in [6.07, 6.45) is 3.91. The van der Waals surface area contributed by atoms with Crippen LogP contribution in [0.4, 0.5) is 0 Å². The smallest absolute Gasteiger partial charge is 0.115 e. The zero-order valence-corrected chi connectivity index (χ0v) is 12.0. The second-order valence-corrected chi connectivity index (χ2v) is 4.95. The zero-order valence-electron chi connectivity index (χ0n) is 11.2. The summed E-state index contributed by atoms with van der Waals surface area (Å²) in [5.41, 5.74) is 3.29. The lowest BCUT2D eigenvalue weighted by atomic mass is 10.2. The quantitative estimate of drug-likeness (QED) is 0.694. The highest BCUT2D eigenvalue weighted by Crippen LogP contribution is 2.19. The zero-order chi connectivity index (χ0) is 14.7. The molecule has 0 bridgehead atoms. The fraction of sp³-hybridized carbons (Fsp3) is 0.200. The highest BCUT2D eigenvalue weighted by atomic mass is 35.5. The Kier molecular flexibility index (Phi) is 3.80. The molecule has 0 aliphatic carbocycles. The number of nitriles is 1. The molecule has 5 nitrogen and oxygen atoms in total. The summed E-state index contributed by atoms with van der Waals surface area (Å²) in [5, 5.41) is 9.07. The molecule has 6 heteroatoms. The Balaban J connectivity index is 2.12. The average molecular weight is 298 g/mol. The molecule has 0 saturated heterocycles. The number of fused-ring (bicyclic) bond motifs is 1. The fourth-order valence-electron chi connectivity index (χ4n) is 2.27. The van der Waals surface area contributed by atoms with E-state index in [1.165, 1.54) is 6.33 Å². The number of hydrogen-bond donors (Lipinski definition) is 0. The van der Waals surface area contributed by atoms with E-state index < -0.39 is 0 Å². The van der Waals surface area contributed by atoms with Crippen molar-refractivity contribution in [1.29, 1.82) is 5.26 Å². The van der Waals surface area contributed by atoms with Crippen molar-refractivity contribution < 1.29 is 0 Å². The van der Waals surface area contributed by atoms with Gasteiger partial charge in [0.15, 0.2) is 0 Å². The lowest BCUT2D eigenvalue weighted by Crippen LogP contribution is -2.07. The molecular formula is C15H12ClN5. The van der Waals surface area contributed by atoms with E-state index in [0.29, 0.717) is 24.4 Å². The minimum absolute atomic E-state index is 0.498. The summed E-state index contributed by atoms with van der Waals surface area (Å²) >= 11 is 5.87. The minimum Gasteiger partial charge on any atom is -0.322 e. The molecule has 0 N–H and O–H groups in total. The van der Waals surface area contributed by atoms with E-state index in [2.05, 4.69) is 25.6 Å². The molecule has 2 aromatic heterocycles. The van der Waals surface area contributed by atoms with E-state index in [0.717, 1.165) is 22.6 Å². The summed E-state index contributed by atoms with van der Waals surface area (Å²) < 4.78 is 2.06. The van der Waals surface area contributed by atoms with E-state index in [9.17, 15) is 0 Å². The van der Waals surface area contributed by atoms with Gasteiger partial charge in [-0.2, -0.15) is 5.26 Å². The number of halogens is 1. The second-order valence-electron chi connectivity index (χ2n) is 4.57. The molecule has 21 heavy (non-hydrogen) atoms. The molecule has 3 rings (SSSR count). The summed E-state index contributed by atoms with van der Waals surface area (Å²) in [6, 6.07) is 9.51. The molecule has 104 valence electrons. The van der Waals surface area contributed by atoms with Crippen molar-refractivity contribution >= 4 is 22.6 Å². The van der Waals surface area contributed by atoms with Crippen molar-refractivity contribution in [3.8, 4) is 6.07 Å². The van der Waals surface area contributed by atoms with Gasteiger partial charge < -0.3 is 4.57 Å². The number of nitrogens with zero attached hydrogens (tertiary/aromatic N) is 5. The van der Waals surface area contributed by atoms with Crippen LogP contribution in [0.2, 0.25) is 0 Å². The van der Waals surface area contributed by atoms with Crippen LogP contribution in [0.5, 0.6) is 0 Å². The number of rotatable bonds is 4. The van der Waals surface area contributed by atoms with Gasteiger partial charge in [0.2, 0.25) is 0 Å². The Morgan fingerprint density at radius 1 is 1.29 bits per heavy atom. The monoisotopic (exact) mass is 297 g/mol. The molecule has 3 aromatic rings. The Labute approximate surface area is 126 Å². The van der Waals surface area contributed by atoms with E-state index in [1.807, 2.05) is 18.2 Å². The number of hydrogen-bond acceptors (Lipinski definition) is 4. The van der Waals surface area contributed by atoms with E-state index in [-0.39, 0.29) is 0 Å². The molecule has 2 heterocycles. The topological polar surface area (TPSA) is 67.4 Å². The van der Waals surface area contributed by atoms with Crippen LogP contribution in [0.15, 0.2) is 36.8 Å². The van der Waals surface area contributed by atoms with Crippen molar-refractivity contribution in [1.82, 2.24) is 19.5 Å². The summed E-state index contributed by atoms with van der Waals surface area (Å²) in [6.45, 7) is 0.583. The molecule has 0 aliphatic heterocycles. The summed E-state index contributed by atoms with van der Waals surface area (Å²) in [5.74, 6) is 1.40.